The third-order valence-corrected chi connectivity index (χ3v) is 3.55. The molecule has 0 amide bonds. The Morgan fingerprint density at radius 1 is 1.60 bits per heavy atom. The van der Waals surface area contributed by atoms with Crippen LogP contribution in [0.15, 0.2) is 16.6 Å². The lowest BCUT2D eigenvalue weighted by atomic mass is 10.0. The van der Waals surface area contributed by atoms with Crippen molar-refractivity contribution in [3.05, 3.63) is 27.7 Å². The first-order valence-electron chi connectivity index (χ1n) is 4.73. The van der Waals surface area contributed by atoms with Crippen molar-refractivity contribution in [2.24, 2.45) is 0 Å². The Labute approximate surface area is 96.2 Å². The van der Waals surface area contributed by atoms with E-state index in [1.807, 2.05) is 12.1 Å². The van der Waals surface area contributed by atoms with Crippen LogP contribution in [-0.4, -0.2) is 18.2 Å². The smallest absolute Gasteiger partial charge is 0.311 e. The minimum Gasteiger partial charge on any atom is -0.496 e. The standard InChI is InChI=1S/C11H11BrO3/c1-15-9-5-4-8(12)6-2-3-7(10(6)9)11(13)14/h4-5,7H,2-3H2,1H3,(H,13,14). The van der Waals surface area contributed by atoms with Crippen molar-refractivity contribution in [2.45, 2.75) is 18.8 Å². The molecule has 1 aromatic rings. The number of hydrogen-bond donors (Lipinski definition) is 1. The van der Waals surface area contributed by atoms with Crippen molar-refractivity contribution in [1.29, 1.82) is 0 Å². The summed E-state index contributed by atoms with van der Waals surface area (Å²) in [5.41, 5.74) is 1.90. The maximum atomic E-state index is 11.1. The van der Waals surface area contributed by atoms with Crippen molar-refractivity contribution in [1.82, 2.24) is 0 Å². The fraction of sp³-hybridized carbons (Fsp3) is 0.364. The molecule has 3 nitrogen and oxygen atoms in total. The van der Waals surface area contributed by atoms with Crippen LogP contribution in [0.3, 0.4) is 0 Å². The van der Waals surface area contributed by atoms with Crippen LogP contribution >= 0.6 is 15.9 Å². The van der Waals surface area contributed by atoms with E-state index in [2.05, 4.69) is 15.9 Å². The van der Waals surface area contributed by atoms with Gasteiger partial charge >= 0.3 is 5.97 Å². The third kappa shape index (κ3) is 1.63. The summed E-state index contributed by atoms with van der Waals surface area (Å²) >= 11 is 3.44. The number of fused-ring (bicyclic) bond motifs is 1. The van der Waals surface area contributed by atoms with Crippen LogP contribution in [0.4, 0.5) is 0 Å². The summed E-state index contributed by atoms with van der Waals surface area (Å²) in [7, 11) is 1.57. The van der Waals surface area contributed by atoms with Gasteiger partial charge in [0, 0.05) is 10.0 Å². The molecule has 0 radical (unpaired) electrons. The largest absolute Gasteiger partial charge is 0.496 e. The molecule has 2 rings (SSSR count). The van der Waals surface area contributed by atoms with Crippen molar-refractivity contribution >= 4 is 21.9 Å². The average Bonchev–Trinajstić information content (AvgIpc) is 2.64. The van der Waals surface area contributed by atoms with Gasteiger partial charge in [-0.15, -0.1) is 0 Å². The van der Waals surface area contributed by atoms with Gasteiger partial charge in [0.1, 0.15) is 5.75 Å². The van der Waals surface area contributed by atoms with Crippen LogP contribution in [0.2, 0.25) is 0 Å². The number of halogens is 1. The van der Waals surface area contributed by atoms with E-state index in [4.69, 9.17) is 9.84 Å². The molecule has 0 saturated carbocycles. The lowest BCUT2D eigenvalue weighted by Crippen LogP contribution is -2.09. The lowest BCUT2D eigenvalue weighted by molar-refractivity contribution is -0.138. The summed E-state index contributed by atoms with van der Waals surface area (Å²) in [6.07, 6.45) is 1.45. The number of carboxylic acid groups (broad SMARTS) is 1. The summed E-state index contributed by atoms with van der Waals surface area (Å²) < 4.78 is 6.18. The molecule has 0 bridgehead atoms. The number of carboxylic acids is 1. The van der Waals surface area contributed by atoms with Gasteiger partial charge < -0.3 is 9.84 Å². The van der Waals surface area contributed by atoms with E-state index in [1.54, 1.807) is 7.11 Å². The molecule has 0 aliphatic heterocycles. The molecule has 1 atom stereocenters. The molecule has 0 heterocycles. The van der Waals surface area contributed by atoms with Gasteiger partial charge in [-0.1, -0.05) is 15.9 Å². The van der Waals surface area contributed by atoms with E-state index in [9.17, 15) is 4.79 Å². The van der Waals surface area contributed by atoms with Crippen LogP contribution < -0.4 is 4.74 Å². The van der Waals surface area contributed by atoms with Gasteiger partial charge in [-0.05, 0) is 30.5 Å². The number of carbonyl (C=O) groups is 1. The highest BCUT2D eigenvalue weighted by Crippen LogP contribution is 2.42. The molecule has 1 aliphatic rings. The zero-order valence-electron chi connectivity index (χ0n) is 8.29. The zero-order valence-corrected chi connectivity index (χ0v) is 9.87. The molecule has 15 heavy (non-hydrogen) atoms. The average molecular weight is 271 g/mol. The molecule has 1 aromatic carbocycles. The van der Waals surface area contributed by atoms with E-state index in [-0.39, 0.29) is 0 Å². The molecular weight excluding hydrogens is 260 g/mol. The van der Waals surface area contributed by atoms with Gasteiger partial charge in [0.2, 0.25) is 0 Å². The Bertz CT molecular complexity index is 415. The monoisotopic (exact) mass is 270 g/mol. The molecule has 4 heteroatoms. The van der Waals surface area contributed by atoms with E-state index < -0.39 is 11.9 Å². The van der Waals surface area contributed by atoms with Crippen molar-refractivity contribution < 1.29 is 14.6 Å². The van der Waals surface area contributed by atoms with E-state index in [0.29, 0.717) is 12.2 Å². The highest BCUT2D eigenvalue weighted by Gasteiger charge is 2.32. The quantitative estimate of drug-likeness (QED) is 0.899. The molecular formula is C11H11BrO3. The fourth-order valence-corrected chi connectivity index (χ4v) is 2.65. The molecule has 0 saturated heterocycles. The molecule has 80 valence electrons. The number of rotatable bonds is 2. The van der Waals surface area contributed by atoms with Crippen molar-refractivity contribution in [3.8, 4) is 5.75 Å². The number of aliphatic carboxylic acids is 1. The normalized spacial score (nSPS) is 18.7. The predicted molar refractivity (Wildman–Crippen MR) is 59.4 cm³/mol. The summed E-state index contributed by atoms with van der Waals surface area (Å²) in [4.78, 5) is 11.1. The molecule has 0 spiro atoms. The van der Waals surface area contributed by atoms with E-state index >= 15 is 0 Å². The van der Waals surface area contributed by atoms with Crippen LogP contribution in [0.1, 0.15) is 23.5 Å². The first-order chi connectivity index (χ1) is 7.15. The van der Waals surface area contributed by atoms with Gasteiger partial charge in [-0.3, -0.25) is 4.79 Å². The topological polar surface area (TPSA) is 46.5 Å². The molecule has 1 unspecified atom stereocenters. The SMILES string of the molecule is COc1ccc(Br)c2c1C(C(=O)O)CC2. The van der Waals surface area contributed by atoms with Crippen LogP contribution in [0.25, 0.3) is 0 Å². The number of methoxy groups -OCH3 is 1. The second kappa shape index (κ2) is 3.85. The van der Waals surface area contributed by atoms with E-state index in [0.717, 1.165) is 22.0 Å². The van der Waals surface area contributed by atoms with Crippen LogP contribution in [0.5, 0.6) is 5.75 Å². The van der Waals surface area contributed by atoms with Crippen LogP contribution in [-0.2, 0) is 11.2 Å². The maximum absolute atomic E-state index is 11.1. The molecule has 1 aliphatic carbocycles. The fourth-order valence-electron chi connectivity index (χ4n) is 2.11. The Morgan fingerprint density at radius 3 is 2.93 bits per heavy atom. The minimum absolute atomic E-state index is 0.424. The van der Waals surface area contributed by atoms with Crippen molar-refractivity contribution in [2.75, 3.05) is 7.11 Å². The Morgan fingerprint density at radius 2 is 2.33 bits per heavy atom. The van der Waals surface area contributed by atoms with Gasteiger partial charge in [-0.2, -0.15) is 0 Å². The lowest BCUT2D eigenvalue weighted by Gasteiger charge is -2.12. The van der Waals surface area contributed by atoms with Crippen LogP contribution in [0, 0.1) is 0 Å². The third-order valence-electron chi connectivity index (χ3n) is 2.81. The minimum atomic E-state index is -0.773. The second-order valence-corrected chi connectivity index (χ2v) is 4.43. The Hall–Kier alpha value is -1.03. The first-order valence-corrected chi connectivity index (χ1v) is 5.52. The summed E-state index contributed by atoms with van der Waals surface area (Å²) in [6, 6.07) is 3.71. The first kappa shape index (κ1) is 10.5. The predicted octanol–water partition coefficient (Wildman–Crippen LogP) is 2.57. The number of benzene rings is 1. The second-order valence-electron chi connectivity index (χ2n) is 3.57. The highest BCUT2D eigenvalue weighted by atomic mass is 79.9. The molecule has 0 aromatic heterocycles. The van der Waals surface area contributed by atoms with Gasteiger partial charge in [0.25, 0.3) is 0 Å². The number of ether oxygens (including phenoxy) is 1. The van der Waals surface area contributed by atoms with Gasteiger partial charge in [0.05, 0.1) is 13.0 Å². The molecule has 1 N–H and O–H groups in total. The molecule has 0 fully saturated rings. The highest BCUT2D eigenvalue weighted by molar-refractivity contribution is 9.10. The number of hydrogen-bond acceptors (Lipinski definition) is 2. The summed E-state index contributed by atoms with van der Waals surface area (Å²) in [6.45, 7) is 0. The Balaban J connectivity index is 2.58. The van der Waals surface area contributed by atoms with Gasteiger partial charge in [0.15, 0.2) is 0 Å². The zero-order chi connectivity index (χ0) is 11.0. The summed E-state index contributed by atoms with van der Waals surface area (Å²) in [5, 5.41) is 9.10. The Kier molecular flexibility index (Phi) is 2.69. The van der Waals surface area contributed by atoms with Gasteiger partial charge in [-0.25, -0.2) is 0 Å². The maximum Gasteiger partial charge on any atom is 0.311 e. The van der Waals surface area contributed by atoms with Crippen molar-refractivity contribution in [3.63, 3.8) is 0 Å². The van der Waals surface area contributed by atoms with E-state index in [1.165, 1.54) is 0 Å². The summed E-state index contributed by atoms with van der Waals surface area (Å²) in [5.74, 6) is -0.518.